The lowest BCUT2D eigenvalue weighted by Crippen LogP contribution is -2.35. The maximum atomic E-state index is 12.6. The summed E-state index contributed by atoms with van der Waals surface area (Å²) in [4.78, 5) is 12.6. The van der Waals surface area contributed by atoms with Gasteiger partial charge in [0.25, 0.3) is 0 Å². The zero-order chi connectivity index (χ0) is 14.0. The fourth-order valence-corrected chi connectivity index (χ4v) is 2.78. The van der Waals surface area contributed by atoms with Gasteiger partial charge in [0.15, 0.2) is 5.78 Å². The minimum Gasteiger partial charge on any atom is -0.350 e. The van der Waals surface area contributed by atoms with Crippen molar-refractivity contribution in [3.05, 3.63) is 34.4 Å². The van der Waals surface area contributed by atoms with E-state index in [1.165, 1.54) is 0 Å². The number of carbonyl (C=O) groups is 1. The van der Waals surface area contributed by atoms with Crippen molar-refractivity contribution < 1.29 is 4.79 Å². The minimum atomic E-state index is -0.102. The molecule has 0 aliphatic rings. The van der Waals surface area contributed by atoms with Gasteiger partial charge in [0, 0.05) is 34.2 Å². The quantitative estimate of drug-likeness (QED) is 0.855. The van der Waals surface area contributed by atoms with Crippen LogP contribution in [0.1, 0.15) is 30.6 Å². The second-order valence-corrected chi connectivity index (χ2v) is 5.61. The zero-order valence-corrected chi connectivity index (χ0v) is 13.1. The van der Waals surface area contributed by atoms with Gasteiger partial charge in [0.2, 0.25) is 0 Å². The number of hydrogen-bond acceptors (Lipinski definition) is 2. The van der Waals surface area contributed by atoms with E-state index in [0.717, 1.165) is 33.9 Å². The number of fused-ring (bicyclic) bond motifs is 1. The van der Waals surface area contributed by atoms with Crippen LogP contribution in [0.3, 0.4) is 0 Å². The normalized spacial score (nSPS) is 12.8. The topological polar surface area (TPSA) is 34.0 Å². The highest BCUT2D eigenvalue weighted by Crippen LogP contribution is 2.25. The fourth-order valence-electron chi connectivity index (χ4n) is 2.42. The predicted octanol–water partition coefficient (Wildman–Crippen LogP) is 3.51. The van der Waals surface area contributed by atoms with E-state index in [1.54, 1.807) is 0 Å². The van der Waals surface area contributed by atoms with Gasteiger partial charge in [-0.25, -0.2) is 0 Å². The highest BCUT2D eigenvalue weighted by molar-refractivity contribution is 9.10. The van der Waals surface area contributed by atoms with Crippen molar-refractivity contribution in [1.82, 2.24) is 9.88 Å². The number of carbonyl (C=O) groups excluding carboxylic acids is 1. The van der Waals surface area contributed by atoms with Crippen molar-refractivity contribution in [3.63, 3.8) is 0 Å². The Morgan fingerprint density at radius 1 is 1.42 bits per heavy atom. The molecule has 1 unspecified atom stereocenters. The molecule has 0 saturated heterocycles. The van der Waals surface area contributed by atoms with Crippen molar-refractivity contribution >= 4 is 32.6 Å². The van der Waals surface area contributed by atoms with E-state index in [0.29, 0.717) is 0 Å². The third-order valence-electron chi connectivity index (χ3n) is 3.39. The summed E-state index contributed by atoms with van der Waals surface area (Å²) in [5.41, 5.74) is 1.88. The molecule has 0 fully saturated rings. The Hall–Kier alpha value is -1.13. The van der Waals surface area contributed by atoms with Gasteiger partial charge in [-0.15, -0.1) is 0 Å². The molecule has 2 rings (SSSR count). The van der Waals surface area contributed by atoms with Crippen molar-refractivity contribution in [3.8, 4) is 0 Å². The van der Waals surface area contributed by atoms with Crippen LogP contribution in [0.25, 0.3) is 10.9 Å². The number of nitrogens with one attached hydrogen (secondary N) is 1. The maximum Gasteiger partial charge on any atom is 0.181 e. The lowest BCUT2D eigenvalue weighted by Gasteiger charge is -2.13. The van der Waals surface area contributed by atoms with Crippen LogP contribution in [0.2, 0.25) is 0 Å². The van der Waals surface area contributed by atoms with E-state index in [1.807, 2.05) is 49.9 Å². The molecule has 1 aromatic heterocycles. The maximum absolute atomic E-state index is 12.6. The average molecular weight is 323 g/mol. The average Bonchev–Trinajstić information content (AvgIpc) is 2.72. The number of likely N-dealkylation sites (N-methyl/N-ethyl adjacent to an activating group) is 1. The Morgan fingerprint density at radius 3 is 2.79 bits per heavy atom. The molecule has 1 N–H and O–H groups in total. The summed E-state index contributed by atoms with van der Waals surface area (Å²) < 4.78 is 3.00. The molecule has 0 spiro atoms. The van der Waals surface area contributed by atoms with Crippen LogP contribution in [0.4, 0.5) is 0 Å². The molecule has 1 heterocycles. The van der Waals surface area contributed by atoms with Gasteiger partial charge in [0.05, 0.1) is 6.04 Å². The second kappa shape index (κ2) is 5.88. The Bertz CT molecular complexity index is 603. The first kappa shape index (κ1) is 14.3. The van der Waals surface area contributed by atoms with Crippen LogP contribution in [0, 0.1) is 0 Å². The monoisotopic (exact) mass is 322 g/mol. The van der Waals surface area contributed by atoms with Crippen molar-refractivity contribution in [2.45, 2.75) is 26.3 Å². The van der Waals surface area contributed by atoms with Gasteiger partial charge in [0.1, 0.15) is 0 Å². The van der Waals surface area contributed by atoms with Gasteiger partial charge in [-0.2, -0.15) is 0 Å². The molecule has 1 atom stereocenters. The summed E-state index contributed by atoms with van der Waals surface area (Å²) in [6.07, 6.45) is 2.73. The number of aryl methyl sites for hydroxylation is 1. The number of nitrogens with zero attached hydrogens (tertiary/aromatic N) is 1. The first-order chi connectivity index (χ1) is 9.08. The first-order valence-electron chi connectivity index (χ1n) is 6.60. The van der Waals surface area contributed by atoms with Crippen LogP contribution >= 0.6 is 15.9 Å². The zero-order valence-electron chi connectivity index (χ0n) is 11.5. The molecule has 3 nitrogen and oxygen atoms in total. The third-order valence-corrected chi connectivity index (χ3v) is 3.89. The molecule has 0 aliphatic heterocycles. The number of ketones is 1. The molecule has 19 heavy (non-hydrogen) atoms. The van der Waals surface area contributed by atoms with Crippen LogP contribution in [-0.4, -0.2) is 22.9 Å². The number of Topliss-reactive ketones (excluding diaryl/α,β-unsaturated/α-hetero) is 1. The van der Waals surface area contributed by atoms with E-state index in [9.17, 15) is 4.79 Å². The minimum absolute atomic E-state index is 0.102. The molecular formula is C15H19BrN2O. The Balaban J connectivity index is 2.50. The summed E-state index contributed by atoms with van der Waals surface area (Å²) in [5, 5.41) is 4.26. The summed E-state index contributed by atoms with van der Waals surface area (Å²) >= 11 is 3.47. The number of hydrogen-bond donors (Lipinski definition) is 1. The van der Waals surface area contributed by atoms with E-state index in [2.05, 4.69) is 21.2 Å². The van der Waals surface area contributed by atoms with Crippen molar-refractivity contribution in [2.24, 2.45) is 7.05 Å². The summed E-state index contributed by atoms with van der Waals surface area (Å²) in [7, 11) is 1.97. The van der Waals surface area contributed by atoms with Gasteiger partial charge in [-0.1, -0.05) is 29.8 Å². The van der Waals surface area contributed by atoms with E-state index < -0.39 is 0 Å². The second-order valence-electron chi connectivity index (χ2n) is 4.70. The molecule has 0 amide bonds. The van der Waals surface area contributed by atoms with Gasteiger partial charge >= 0.3 is 0 Å². The number of rotatable bonds is 5. The molecule has 0 bridgehead atoms. The Labute approximate surface area is 122 Å². The van der Waals surface area contributed by atoms with Crippen LogP contribution in [0.15, 0.2) is 28.9 Å². The standard InChI is InChI=1S/C15H19BrN2O/c1-4-13(17-5-2)15(19)12-9-18(3)14-7-6-10(16)8-11(12)14/h6-9,13,17H,4-5H2,1-3H3. The van der Waals surface area contributed by atoms with Crippen LogP contribution in [-0.2, 0) is 7.05 Å². The molecule has 0 aliphatic carbocycles. The Morgan fingerprint density at radius 2 is 2.16 bits per heavy atom. The first-order valence-corrected chi connectivity index (χ1v) is 7.40. The molecule has 1 aromatic carbocycles. The number of halogens is 1. The largest absolute Gasteiger partial charge is 0.350 e. The highest BCUT2D eigenvalue weighted by atomic mass is 79.9. The molecule has 0 radical (unpaired) electrons. The molecule has 4 heteroatoms. The van der Waals surface area contributed by atoms with Gasteiger partial charge in [-0.05, 0) is 31.2 Å². The van der Waals surface area contributed by atoms with Gasteiger partial charge in [-0.3, -0.25) is 4.79 Å². The third kappa shape index (κ3) is 2.74. The van der Waals surface area contributed by atoms with E-state index in [4.69, 9.17) is 0 Å². The van der Waals surface area contributed by atoms with Gasteiger partial charge < -0.3 is 9.88 Å². The lowest BCUT2D eigenvalue weighted by atomic mass is 10.0. The van der Waals surface area contributed by atoms with Crippen molar-refractivity contribution in [2.75, 3.05) is 6.54 Å². The van der Waals surface area contributed by atoms with Crippen molar-refractivity contribution in [1.29, 1.82) is 0 Å². The number of aromatic nitrogens is 1. The van der Waals surface area contributed by atoms with E-state index in [-0.39, 0.29) is 11.8 Å². The molecule has 102 valence electrons. The lowest BCUT2D eigenvalue weighted by molar-refractivity contribution is 0.0943. The molecule has 0 saturated carbocycles. The SMILES string of the molecule is CCNC(CC)C(=O)c1cn(C)c2ccc(Br)cc12. The molecule has 2 aromatic rings. The number of benzene rings is 1. The molecular weight excluding hydrogens is 304 g/mol. The Kier molecular flexibility index (Phi) is 4.42. The smallest absolute Gasteiger partial charge is 0.181 e. The predicted molar refractivity (Wildman–Crippen MR) is 82.7 cm³/mol. The fraction of sp³-hybridized carbons (Fsp3) is 0.400. The summed E-state index contributed by atoms with van der Waals surface area (Å²) in [6.45, 7) is 4.86. The van der Waals surface area contributed by atoms with Crippen LogP contribution < -0.4 is 5.32 Å². The summed E-state index contributed by atoms with van der Waals surface area (Å²) in [5.74, 6) is 0.174. The highest BCUT2D eigenvalue weighted by Gasteiger charge is 2.21. The summed E-state index contributed by atoms with van der Waals surface area (Å²) in [6, 6.07) is 5.94. The van der Waals surface area contributed by atoms with E-state index >= 15 is 0 Å². The van der Waals surface area contributed by atoms with Crippen LogP contribution in [0.5, 0.6) is 0 Å².